The second-order valence-corrected chi connectivity index (χ2v) is 4.10. The molecule has 1 aliphatic heterocycles. The van der Waals surface area contributed by atoms with Crippen molar-refractivity contribution in [3.05, 3.63) is 35.9 Å². The van der Waals surface area contributed by atoms with Crippen molar-refractivity contribution < 1.29 is 14.3 Å². The number of benzene rings is 1. The van der Waals surface area contributed by atoms with Crippen molar-refractivity contribution in [3.63, 3.8) is 0 Å². The quantitative estimate of drug-likeness (QED) is 0.799. The summed E-state index contributed by atoms with van der Waals surface area (Å²) in [5.41, 5.74) is 1.22. The molecule has 0 aromatic heterocycles. The third-order valence-corrected chi connectivity index (χ3v) is 2.66. The maximum Gasteiger partial charge on any atom is 0.209 e. The zero-order valence-electron chi connectivity index (χ0n) is 12.7. The molecule has 0 spiro atoms. The van der Waals surface area contributed by atoms with Crippen LogP contribution in [0.5, 0.6) is 0 Å². The van der Waals surface area contributed by atoms with Crippen LogP contribution in [0.4, 0.5) is 0 Å². The molecule has 1 aromatic carbocycles. The molecule has 0 bridgehead atoms. The smallest absolute Gasteiger partial charge is 0.209 e. The van der Waals surface area contributed by atoms with E-state index >= 15 is 0 Å². The summed E-state index contributed by atoms with van der Waals surface area (Å²) in [5, 5.41) is 0. The third-order valence-electron chi connectivity index (χ3n) is 2.66. The number of ether oxygens (including phenoxy) is 1. The Bertz CT molecular complexity index is 355. The molecule has 4 heteroatoms. The average molecular weight is 279 g/mol. The fourth-order valence-electron chi connectivity index (χ4n) is 1.62. The number of piperidine rings is 1. The Morgan fingerprint density at radius 2 is 1.70 bits per heavy atom. The normalized spacial score (nSPS) is 13.6. The molecule has 1 amide bonds. The molecule has 1 fully saturated rings. The van der Waals surface area contributed by atoms with Crippen molar-refractivity contribution in [1.82, 2.24) is 4.90 Å². The number of carbonyl (C=O) groups excluding carboxylic acids is 2. The van der Waals surface area contributed by atoms with E-state index in [0.717, 1.165) is 6.41 Å². The minimum absolute atomic E-state index is 0.271. The van der Waals surface area contributed by atoms with E-state index in [1.54, 1.807) is 12.0 Å². The first-order chi connectivity index (χ1) is 9.76. The number of methoxy groups -OCH3 is 1. The summed E-state index contributed by atoms with van der Waals surface area (Å²) in [7, 11) is 1.70. The standard InChI is InChI=1S/C8H10O.C6H9NO2.C2H6/c1-9-7-8-5-3-2-4-6-8;8-5-7-3-1-6(9)2-4-7;1-2/h2-6H,7H2,1H3;5H,1-4H2;1-2H3. The number of carbonyl (C=O) groups is 2. The highest BCUT2D eigenvalue weighted by Gasteiger charge is 2.13. The van der Waals surface area contributed by atoms with Gasteiger partial charge in [-0.05, 0) is 5.56 Å². The van der Waals surface area contributed by atoms with Gasteiger partial charge in [0.05, 0.1) is 6.61 Å². The van der Waals surface area contributed by atoms with Gasteiger partial charge in [0.15, 0.2) is 0 Å². The molecule has 20 heavy (non-hydrogen) atoms. The summed E-state index contributed by atoms with van der Waals surface area (Å²) in [6.45, 7) is 5.94. The van der Waals surface area contributed by atoms with E-state index < -0.39 is 0 Å². The van der Waals surface area contributed by atoms with Crippen molar-refractivity contribution in [2.24, 2.45) is 0 Å². The number of rotatable bonds is 3. The molecule has 0 saturated carbocycles. The number of ketones is 1. The number of hydrogen-bond acceptors (Lipinski definition) is 3. The molecular weight excluding hydrogens is 254 g/mol. The molecule has 0 radical (unpaired) electrons. The highest BCUT2D eigenvalue weighted by Crippen LogP contribution is 2.01. The number of amides is 1. The maximum atomic E-state index is 10.6. The second kappa shape index (κ2) is 12.4. The molecule has 0 unspecified atom stereocenters. The van der Waals surface area contributed by atoms with E-state index in [4.69, 9.17) is 4.74 Å². The lowest BCUT2D eigenvalue weighted by atomic mass is 10.1. The average Bonchev–Trinajstić information content (AvgIpc) is 2.52. The molecule has 112 valence electrons. The van der Waals surface area contributed by atoms with Gasteiger partial charge in [-0.25, -0.2) is 0 Å². The van der Waals surface area contributed by atoms with Crippen molar-refractivity contribution in [3.8, 4) is 0 Å². The monoisotopic (exact) mass is 279 g/mol. The first kappa shape index (κ1) is 18.3. The van der Waals surface area contributed by atoms with Crippen LogP contribution in [-0.4, -0.2) is 37.3 Å². The van der Waals surface area contributed by atoms with Gasteiger partial charge in [0.25, 0.3) is 0 Å². The summed E-state index contributed by atoms with van der Waals surface area (Å²) < 4.78 is 4.93. The third kappa shape index (κ3) is 8.43. The first-order valence-corrected chi connectivity index (χ1v) is 7.00. The fourth-order valence-corrected chi connectivity index (χ4v) is 1.62. The summed E-state index contributed by atoms with van der Waals surface area (Å²) in [6.07, 6.45) is 1.88. The highest BCUT2D eigenvalue weighted by molar-refractivity contribution is 5.80. The van der Waals surface area contributed by atoms with Crippen LogP contribution in [0.25, 0.3) is 0 Å². The van der Waals surface area contributed by atoms with Crippen LogP contribution in [-0.2, 0) is 20.9 Å². The largest absolute Gasteiger partial charge is 0.380 e. The number of likely N-dealkylation sites (tertiary alicyclic amines) is 1. The lowest BCUT2D eigenvalue weighted by Crippen LogP contribution is -2.32. The van der Waals surface area contributed by atoms with Gasteiger partial charge in [-0.2, -0.15) is 0 Å². The predicted molar refractivity (Wildman–Crippen MR) is 80.4 cm³/mol. The Morgan fingerprint density at radius 1 is 1.15 bits per heavy atom. The highest BCUT2D eigenvalue weighted by atomic mass is 16.5. The van der Waals surface area contributed by atoms with E-state index in [1.807, 2.05) is 44.2 Å². The van der Waals surface area contributed by atoms with E-state index in [9.17, 15) is 9.59 Å². The van der Waals surface area contributed by atoms with Gasteiger partial charge in [-0.3, -0.25) is 9.59 Å². The molecule has 0 atom stereocenters. The van der Waals surface area contributed by atoms with E-state index in [-0.39, 0.29) is 5.78 Å². The molecule has 2 rings (SSSR count). The molecule has 1 heterocycles. The molecule has 0 N–H and O–H groups in total. The lowest BCUT2D eigenvalue weighted by molar-refractivity contribution is -0.125. The summed E-state index contributed by atoms with van der Waals surface area (Å²) in [5.74, 6) is 0.271. The van der Waals surface area contributed by atoms with Crippen molar-refractivity contribution in [2.45, 2.75) is 33.3 Å². The predicted octanol–water partition coefficient (Wildman–Crippen LogP) is 2.67. The van der Waals surface area contributed by atoms with Crippen molar-refractivity contribution >= 4 is 12.2 Å². The second-order valence-electron chi connectivity index (χ2n) is 4.10. The minimum Gasteiger partial charge on any atom is -0.380 e. The van der Waals surface area contributed by atoms with Crippen LogP contribution >= 0.6 is 0 Å². The summed E-state index contributed by atoms with van der Waals surface area (Å²) in [4.78, 5) is 22.3. The Hall–Kier alpha value is -1.68. The van der Waals surface area contributed by atoms with Gasteiger partial charge < -0.3 is 9.64 Å². The van der Waals surface area contributed by atoms with E-state index in [0.29, 0.717) is 32.5 Å². The van der Waals surface area contributed by atoms with Crippen LogP contribution in [0, 0.1) is 0 Å². The van der Waals surface area contributed by atoms with Crippen LogP contribution in [0.15, 0.2) is 30.3 Å². The zero-order valence-corrected chi connectivity index (χ0v) is 12.7. The molecule has 0 aliphatic carbocycles. The van der Waals surface area contributed by atoms with Crippen LogP contribution < -0.4 is 0 Å². The summed E-state index contributed by atoms with van der Waals surface area (Å²) >= 11 is 0. The maximum absolute atomic E-state index is 10.6. The number of Topliss-reactive ketones (excluding diaryl/α,β-unsaturated/α-hetero) is 1. The Balaban J connectivity index is 0.000000321. The van der Waals surface area contributed by atoms with Crippen LogP contribution in [0.2, 0.25) is 0 Å². The molecule has 1 aromatic rings. The van der Waals surface area contributed by atoms with E-state index in [1.165, 1.54) is 5.56 Å². The number of hydrogen-bond donors (Lipinski definition) is 0. The van der Waals surface area contributed by atoms with Gasteiger partial charge in [-0.15, -0.1) is 0 Å². The number of nitrogens with zero attached hydrogens (tertiary/aromatic N) is 1. The van der Waals surface area contributed by atoms with Gasteiger partial charge >= 0.3 is 0 Å². The van der Waals surface area contributed by atoms with Gasteiger partial charge in [0, 0.05) is 33.0 Å². The zero-order chi connectivity index (χ0) is 15.2. The van der Waals surface area contributed by atoms with Crippen LogP contribution in [0.3, 0.4) is 0 Å². The topological polar surface area (TPSA) is 46.6 Å². The van der Waals surface area contributed by atoms with E-state index in [2.05, 4.69) is 0 Å². The Morgan fingerprint density at radius 3 is 2.15 bits per heavy atom. The van der Waals surface area contributed by atoms with Gasteiger partial charge in [0.1, 0.15) is 5.78 Å². The van der Waals surface area contributed by atoms with Gasteiger partial charge in [0.2, 0.25) is 6.41 Å². The van der Waals surface area contributed by atoms with Crippen molar-refractivity contribution in [2.75, 3.05) is 20.2 Å². The van der Waals surface area contributed by atoms with Crippen molar-refractivity contribution in [1.29, 1.82) is 0 Å². The Labute approximate surface area is 121 Å². The SMILES string of the molecule is CC.COCc1ccccc1.O=CN1CCC(=O)CC1. The summed E-state index contributed by atoms with van der Waals surface area (Å²) in [6, 6.07) is 10.1. The first-order valence-electron chi connectivity index (χ1n) is 7.00. The fraction of sp³-hybridized carbons (Fsp3) is 0.500. The van der Waals surface area contributed by atoms with Crippen LogP contribution in [0.1, 0.15) is 32.3 Å². The van der Waals surface area contributed by atoms with Gasteiger partial charge in [-0.1, -0.05) is 44.2 Å². The molecule has 4 nitrogen and oxygen atoms in total. The molecule has 1 saturated heterocycles. The minimum atomic E-state index is 0.271. The molecular formula is C16H25NO3. The Kier molecular flexibility index (Phi) is 11.3. The molecule has 1 aliphatic rings. The lowest BCUT2D eigenvalue weighted by Gasteiger charge is -2.20.